The molecule has 0 fully saturated rings. The van der Waals surface area contributed by atoms with E-state index in [-0.39, 0.29) is 18.1 Å². The summed E-state index contributed by atoms with van der Waals surface area (Å²) in [5, 5.41) is 18.0. The molecule has 0 aliphatic carbocycles. The fourth-order valence-electron chi connectivity index (χ4n) is 2.00. The molecule has 1 amide bonds. The minimum atomic E-state index is -0.476. The van der Waals surface area contributed by atoms with E-state index >= 15 is 0 Å². The quantitative estimate of drug-likeness (QED) is 0.401. The average Bonchev–Trinajstić information content (AvgIpc) is 3.03. The van der Waals surface area contributed by atoms with Gasteiger partial charge in [-0.25, -0.2) is 10.4 Å². The standard InChI is InChI=1S/C16H13N5O3S/c22-15(10-17-16-19-13-3-1-2-4-14(13)25-16)20-18-9-11-5-7-12(8-6-11)21(23)24/h1-9H,10H2,(H,17,19)(H,20,22)/b18-9-. The first-order chi connectivity index (χ1) is 12.1. The maximum absolute atomic E-state index is 11.8. The number of carbonyl (C=O) groups excluding carboxylic acids is 1. The molecule has 9 heteroatoms. The Morgan fingerprint density at radius 2 is 2.00 bits per heavy atom. The summed E-state index contributed by atoms with van der Waals surface area (Å²) >= 11 is 1.47. The van der Waals surface area contributed by atoms with Gasteiger partial charge in [0.25, 0.3) is 11.6 Å². The number of nitrogens with zero attached hydrogens (tertiary/aromatic N) is 3. The van der Waals surface area contributed by atoms with Crippen molar-refractivity contribution in [1.82, 2.24) is 10.4 Å². The van der Waals surface area contributed by atoms with Gasteiger partial charge in [0.15, 0.2) is 5.13 Å². The van der Waals surface area contributed by atoms with Gasteiger partial charge in [-0.3, -0.25) is 14.9 Å². The number of fused-ring (bicyclic) bond motifs is 1. The number of hydrazone groups is 1. The third-order valence-corrected chi connectivity index (χ3v) is 4.19. The van der Waals surface area contributed by atoms with Crippen LogP contribution in [0.5, 0.6) is 0 Å². The summed E-state index contributed by atoms with van der Waals surface area (Å²) in [6.45, 7) is 0.0391. The first kappa shape index (κ1) is 16.5. The lowest BCUT2D eigenvalue weighted by Crippen LogP contribution is -2.25. The molecule has 0 radical (unpaired) electrons. The van der Waals surface area contributed by atoms with Gasteiger partial charge in [0.05, 0.1) is 27.9 Å². The number of benzene rings is 2. The van der Waals surface area contributed by atoms with E-state index in [0.29, 0.717) is 10.7 Å². The lowest BCUT2D eigenvalue weighted by Gasteiger charge is -2.00. The summed E-state index contributed by atoms with van der Waals surface area (Å²) in [7, 11) is 0. The molecule has 3 rings (SSSR count). The van der Waals surface area contributed by atoms with Crippen molar-refractivity contribution in [3.05, 3.63) is 64.2 Å². The van der Waals surface area contributed by atoms with Gasteiger partial charge in [0, 0.05) is 12.1 Å². The van der Waals surface area contributed by atoms with Crippen molar-refractivity contribution < 1.29 is 9.72 Å². The highest BCUT2D eigenvalue weighted by molar-refractivity contribution is 7.22. The summed E-state index contributed by atoms with van der Waals surface area (Å²) in [6.07, 6.45) is 1.42. The molecule has 1 aromatic heterocycles. The highest BCUT2D eigenvalue weighted by Gasteiger charge is 2.05. The second-order valence-electron chi connectivity index (χ2n) is 4.98. The molecule has 0 aliphatic rings. The number of para-hydroxylation sites is 1. The van der Waals surface area contributed by atoms with E-state index < -0.39 is 4.92 Å². The molecule has 126 valence electrons. The highest BCUT2D eigenvalue weighted by Crippen LogP contribution is 2.24. The number of non-ortho nitro benzene ring substituents is 1. The van der Waals surface area contributed by atoms with Crippen molar-refractivity contribution in [3.8, 4) is 0 Å². The molecule has 1 heterocycles. The van der Waals surface area contributed by atoms with Crippen LogP contribution < -0.4 is 10.7 Å². The van der Waals surface area contributed by atoms with Crippen molar-refractivity contribution in [3.63, 3.8) is 0 Å². The maximum atomic E-state index is 11.8. The number of amides is 1. The van der Waals surface area contributed by atoms with Gasteiger partial charge in [-0.15, -0.1) is 0 Å². The lowest BCUT2D eigenvalue weighted by molar-refractivity contribution is -0.384. The van der Waals surface area contributed by atoms with Crippen LogP contribution in [-0.2, 0) is 4.79 Å². The molecular weight excluding hydrogens is 342 g/mol. The molecular formula is C16H13N5O3S. The van der Waals surface area contributed by atoms with Crippen molar-refractivity contribution in [2.45, 2.75) is 0 Å². The Labute approximate surface area is 146 Å². The predicted molar refractivity (Wildman–Crippen MR) is 96.9 cm³/mol. The average molecular weight is 355 g/mol. The van der Waals surface area contributed by atoms with Crippen molar-refractivity contribution in [1.29, 1.82) is 0 Å². The Kier molecular flexibility index (Phi) is 4.95. The molecule has 0 bridgehead atoms. The van der Waals surface area contributed by atoms with Crippen LogP contribution in [0.2, 0.25) is 0 Å². The second kappa shape index (κ2) is 7.49. The Hall–Kier alpha value is -3.33. The van der Waals surface area contributed by atoms with Crippen LogP contribution in [-0.4, -0.2) is 28.6 Å². The van der Waals surface area contributed by atoms with Crippen molar-refractivity contribution in [2.24, 2.45) is 5.10 Å². The van der Waals surface area contributed by atoms with E-state index in [4.69, 9.17) is 0 Å². The van der Waals surface area contributed by atoms with Crippen molar-refractivity contribution >= 4 is 44.5 Å². The third-order valence-electron chi connectivity index (χ3n) is 3.20. The maximum Gasteiger partial charge on any atom is 0.269 e. The molecule has 2 aromatic carbocycles. The summed E-state index contributed by atoms with van der Waals surface area (Å²) in [6, 6.07) is 13.6. The van der Waals surface area contributed by atoms with Crippen LogP contribution in [0.15, 0.2) is 53.6 Å². The monoisotopic (exact) mass is 355 g/mol. The highest BCUT2D eigenvalue weighted by atomic mass is 32.1. The zero-order valence-electron chi connectivity index (χ0n) is 12.9. The first-order valence-corrected chi connectivity index (χ1v) is 8.09. The normalized spacial score (nSPS) is 10.9. The summed E-state index contributed by atoms with van der Waals surface area (Å²) in [4.78, 5) is 26.2. The van der Waals surface area contributed by atoms with Crippen LogP contribution in [0.25, 0.3) is 10.2 Å². The van der Waals surface area contributed by atoms with E-state index in [9.17, 15) is 14.9 Å². The molecule has 0 saturated heterocycles. The second-order valence-corrected chi connectivity index (χ2v) is 6.01. The zero-order chi connectivity index (χ0) is 17.6. The molecule has 0 spiro atoms. The lowest BCUT2D eigenvalue weighted by atomic mass is 10.2. The third kappa shape index (κ3) is 4.36. The van der Waals surface area contributed by atoms with Gasteiger partial charge in [0.1, 0.15) is 0 Å². The Balaban J connectivity index is 1.49. The van der Waals surface area contributed by atoms with Gasteiger partial charge in [-0.2, -0.15) is 5.10 Å². The number of hydrogen-bond donors (Lipinski definition) is 2. The van der Waals surface area contributed by atoms with Crippen LogP contribution in [0.1, 0.15) is 5.56 Å². The van der Waals surface area contributed by atoms with E-state index in [0.717, 1.165) is 10.2 Å². The SMILES string of the molecule is O=C(CNc1nc2ccccc2s1)N/N=C\c1ccc([N+](=O)[O-])cc1. The molecule has 3 aromatic rings. The van der Waals surface area contributed by atoms with Gasteiger partial charge in [-0.1, -0.05) is 23.5 Å². The summed E-state index contributed by atoms with van der Waals surface area (Å²) < 4.78 is 1.04. The number of carbonyl (C=O) groups is 1. The Morgan fingerprint density at radius 1 is 1.24 bits per heavy atom. The number of nitro groups is 1. The van der Waals surface area contributed by atoms with Crippen molar-refractivity contribution in [2.75, 3.05) is 11.9 Å². The molecule has 2 N–H and O–H groups in total. The first-order valence-electron chi connectivity index (χ1n) is 7.27. The van der Waals surface area contributed by atoms with E-state index in [1.54, 1.807) is 12.1 Å². The number of hydrogen-bond acceptors (Lipinski definition) is 7. The zero-order valence-corrected chi connectivity index (χ0v) is 13.7. The van der Waals surface area contributed by atoms with Crippen LogP contribution in [0.4, 0.5) is 10.8 Å². The number of nitrogens with one attached hydrogen (secondary N) is 2. The summed E-state index contributed by atoms with van der Waals surface area (Å²) in [5.74, 6) is -0.322. The molecule has 0 unspecified atom stereocenters. The fourth-order valence-corrected chi connectivity index (χ4v) is 2.87. The number of thiazole rings is 1. The molecule has 25 heavy (non-hydrogen) atoms. The predicted octanol–water partition coefficient (Wildman–Crippen LogP) is 2.77. The topological polar surface area (TPSA) is 110 Å². The number of anilines is 1. The molecule has 0 atom stereocenters. The molecule has 0 saturated carbocycles. The van der Waals surface area contributed by atoms with Crippen LogP contribution >= 0.6 is 11.3 Å². The van der Waals surface area contributed by atoms with Gasteiger partial charge in [-0.05, 0) is 29.8 Å². The fraction of sp³-hybridized carbons (Fsp3) is 0.0625. The van der Waals surface area contributed by atoms with E-state index in [1.165, 1.54) is 29.7 Å². The van der Waals surface area contributed by atoms with Gasteiger partial charge < -0.3 is 5.32 Å². The summed E-state index contributed by atoms with van der Waals surface area (Å²) in [5.41, 5.74) is 3.91. The van der Waals surface area contributed by atoms with Crippen LogP contribution in [0, 0.1) is 10.1 Å². The van der Waals surface area contributed by atoms with Gasteiger partial charge in [0.2, 0.25) is 0 Å². The Morgan fingerprint density at radius 3 is 2.72 bits per heavy atom. The Bertz CT molecular complexity index is 903. The largest absolute Gasteiger partial charge is 0.352 e. The minimum absolute atomic E-state index is 0.00113. The number of rotatable bonds is 6. The van der Waals surface area contributed by atoms with E-state index in [1.807, 2.05) is 24.3 Å². The smallest absolute Gasteiger partial charge is 0.269 e. The molecule has 0 aliphatic heterocycles. The van der Waals surface area contributed by atoms with Crippen LogP contribution in [0.3, 0.4) is 0 Å². The molecule has 8 nitrogen and oxygen atoms in total. The van der Waals surface area contributed by atoms with E-state index in [2.05, 4.69) is 20.8 Å². The number of nitro benzene ring substituents is 1. The van der Waals surface area contributed by atoms with Gasteiger partial charge >= 0.3 is 0 Å². The number of aromatic nitrogens is 1. The minimum Gasteiger partial charge on any atom is -0.352 e.